The van der Waals surface area contributed by atoms with Crippen LogP contribution in [0.2, 0.25) is 5.02 Å². The first-order chi connectivity index (χ1) is 9.51. The van der Waals surface area contributed by atoms with Crippen LogP contribution in [0.1, 0.15) is 0 Å². The summed E-state index contributed by atoms with van der Waals surface area (Å²) in [4.78, 5) is 10.2. The van der Waals surface area contributed by atoms with E-state index in [0.717, 1.165) is 0 Å². The number of benzene rings is 2. The molecule has 2 rings (SSSR count). The van der Waals surface area contributed by atoms with Gasteiger partial charge in [-0.25, -0.2) is 0 Å². The molecule has 0 aliphatic heterocycles. The molecule has 0 heterocycles. The summed E-state index contributed by atoms with van der Waals surface area (Å²) >= 11 is 6.07. The van der Waals surface area contributed by atoms with E-state index in [1.54, 1.807) is 25.3 Å². The molecule has 0 fully saturated rings. The van der Waals surface area contributed by atoms with Gasteiger partial charge in [0.1, 0.15) is 5.75 Å². The Kier molecular flexibility index (Phi) is 3.95. The number of halogens is 1. The molecule has 0 unspecified atom stereocenters. The van der Waals surface area contributed by atoms with Crippen molar-refractivity contribution >= 4 is 34.4 Å². The van der Waals surface area contributed by atoms with Crippen LogP contribution in [0.15, 0.2) is 36.4 Å². The Balaban J connectivity index is 2.32. The number of methoxy groups -OCH3 is 1. The van der Waals surface area contributed by atoms with Crippen molar-refractivity contribution < 1.29 is 9.66 Å². The molecule has 0 atom stereocenters. The third-order valence-electron chi connectivity index (χ3n) is 2.69. The van der Waals surface area contributed by atoms with Gasteiger partial charge in [-0.05, 0) is 18.2 Å². The van der Waals surface area contributed by atoms with Crippen LogP contribution < -0.4 is 15.8 Å². The molecule has 7 heteroatoms. The average molecular weight is 294 g/mol. The molecule has 3 N–H and O–H groups in total. The summed E-state index contributed by atoms with van der Waals surface area (Å²) in [6, 6.07) is 9.31. The first kappa shape index (κ1) is 14.0. The smallest absolute Gasteiger partial charge is 0.271 e. The van der Waals surface area contributed by atoms with Crippen molar-refractivity contribution in [3.05, 3.63) is 51.5 Å². The minimum absolute atomic E-state index is 0.0650. The van der Waals surface area contributed by atoms with E-state index in [2.05, 4.69) is 5.32 Å². The first-order valence-electron chi connectivity index (χ1n) is 5.65. The predicted molar refractivity (Wildman–Crippen MR) is 78.8 cm³/mol. The standard InChI is InChI=1S/C13H12ClN3O3/c1-20-9-3-4-10(14)13(7-9)16-12-5-2-8(17(18)19)6-11(12)15/h2-7,16H,15H2,1H3. The molecule has 0 saturated carbocycles. The van der Waals surface area contributed by atoms with Gasteiger partial charge in [0.15, 0.2) is 0 Å². The topological polar surface area (TPSA) is 90.4 Å². The van der Waals surface area contributed by atoms with Crippen LogP contribution in [-0.4, -0.2) is 12.0 Å². The van der Waals surface area contributed by atoms with Gasteiger partial charge in [0.2, 0.25) is 0 Å². The van der Waals surface area contributed by atoms with Crippen LogP contribution in [0.4, 0.5) is 22.7 Å². The van der Waals surface area contributed by atoms with Gasteiger partial charge in [0.25, 0.3) is 5.69 Å². The number of rotatable bonds is 4. The lowest BCUT2D eigenvalue weighted by molar-refractivity contribution is -0.384. The normalized spacial score (nSPS) is 10.1. The second-order valence-electron chi connectivity index (χ2n) is 4.00. The molecular formula is C13H12ClN3O3. The molecule has 0 spiro atoms. The summed E-state index contributed by atoms with van der Waals surface area (Å²) in [5.74, 6) is 0.636. The minimum Gasteiger partial charge on any atom is -0.497 e. The van der Waals surface area contributed by atoms with Gasteiger partial charge in [-0.15, -0.1) is 0 Å². The number of ether oxygens (including phenoxy) is 1. The van der Waals surface area contributed by atoms with Crippen molar-refractivity contribution in [3.8, 4) is 5.75 Å². The highest BCUT2D eigenvalue weighted by Crippen LogP contribution is 2.32. The second-order valence-corrected chi connectivity index (χ2v) is 4.41. The van der Waals surface area contributed by atoms with E-state index >= 15 is 0 Å². The largest absolute Gasteiger partial charge is 0.497 e. The summed E-state index contributed by atoms with van der Waals surface area (Å²) in [5, 5.41) is 14.2. The molecule has 2 aromatic carbocycles. The van der Waals surface area contributed by atoms with Crippen LogP contribution in [0, 0.1) is 10.1 Å². The van der Waals surface area contributed by atoms with Crippen LogP contribution in [0.25, 0.3) is 0 Å². The number of nitro groups is 1. The molecule has 0 aromatic heterocycles. The van der Waals surface area contributed by atoms with Crippen LogP contribution in [-0.2, 0) is 0 Å². The summed E-state index contributed by atoms with van der Waals surface area (Å²) in [6.07, 6.45) is 0. The van der Waals surface area contributed by atoms with Gasteiger partial charge in [-0.3, -0.25) is 10.1 Å². The summed E-state index contributed by atoms with van der Waals surface area (Å²) < 4.78 is 5.11. The second kappa shape index (κ2) is 5.66. The van der Waals surface area contributed by atoms with Gasteiger partial charge < -0.3 is 15.8 Å². The predicted octanol–water partition coefficient (Wildman–Crippen LogP) is 3.58. The molecule has 6 nitrogen and oxygen atoms in total. The van der Waals surface area contributed by atoms with E-state index in [4.69, 9.17) is 22.1 Å². The lowest BCUT2D eigenvalue weighted by atomic mass is 10.2. The molecule has 20 heavy (non-hydrogen) atoms. The summed E-state index contributed by atoms with van der Waals surface area (Å²) in [5.41, 5.74) is 7.12. The molecule has 2 aromatic rings. The highest BCUT2D eigenvalue weighted by Gasteiger charge is 2.10. The zero-order chi connectivity index (χ0) is 14.7. The number of hydrogen-bond donors (Lipinski definition) is 2. The Bertz CT molecular complexity index is 661. The third-order valence-corrected chi connectivity index (χ3v) is 3.02. The van der Waals surface area contributed by atoms with Gasteiger partial charge in [0.05, 0.1) is 34.1 Å². The van der Waals surface area contributed by atoms with Crippen molar-refractivity contribution in [3.63, 3.8) is 0 Å². The lowest BCUT2D eigenvalue weighted by Crippen LogP contribution is -1.99. The maximum absolute atomic E-state index is 10.7. The number of nitrogens with one attached hydrogen (secondary N) is 1. The van der Waals surface area contributed by atoms with Crippen LogP contribution in [0.3, 0.4) is 0 Å². The lowest BCUT2D eigenvalue weighted by Gasteiger charge is -2.12. The number of non-ortho nitro benzene ring substituents is 1. The van der Waals surface area contributed by atoms with Gasteiger partial charge in [-0.2, -0.15) is 0 Å². The number of nitrogen functional groups attached to an aromatic ring is 1. The minimum atomic E-state index is -0.501. The summed E-state index contributed by atoms with van der Waals surface area (Å²) in [7, 11) is 1.55. The zero-order valence-corrected chi connectivity index (χ0v) is 11.3. The van der Waals surface area contributed by atoms with Crippen LogP contribution in [0.5, 0.6) is 5.75 Å². The quantitative estimate of drug-likeness (QED) is 0.511. The van der Waals surface area contributed by atoms with Crippen molar-refractivity contribution in [2.24, 2.45) is 0 Å². The van der Waals surface area contributed by atoms with E-state index in [9.17, 15) is 10.1 Å². The van der Waals surface area contributed by atoms with Crippen molar-refractivity contribution in [1.29, 1.82) is 0 Å². The Hall–Kier alpha value is -2.47. The Morgan fingerprint density at radius 1 is 1.25 bits per heavy atom. The number of anilines is 3. The molecule has 0 saturated heterocycles. The van der Waals surface area contributed by atoms with E-state index in [-0.39, 0.29) is 11.4 Å². The third kappa shape index (κ3) is 2.92. The Morgan fingerprint density at radius 2 is 2.00 bits per heavy atom. The van der Waals surface area contributed by atoms with Gasteiger partial charge in [0, 0.05) is 18.2 Å². The maximum Gasteiger partial charge on any atom is 0.271 e. The SMILES string of the molecule is COc1ccc(Cl)c(Nc2ccc([N+](=O)[O-])cc2N)c1. The van der Waals surface area contributed by atoms with Crippen LogP contribution >= 0.6 is 11.6 Å². The first-order valence-corrected chi connectivity index (χ1v) is 6.03. The fourth-order valence-electron chi connectivity index (χ4n) is 1.65. The zero-order valence-electron chi connectivity index (χ0n) is 10.6. The molecule has 0 radical (unpaired) electrons. The van der Waals surface area contributed by atoms with Gasteiger partial charge >= 0.3 is 0 Å². The molecule has 0 aliphatic rings. The van der Waals surface area contributed by atoms with Crippen molar-refractivity contribution in [2.45, 2.75) is 0 Å². The molecule has 0 aliphatic carbocycles. The summed E-state index contributed by atoms with van der Waals surface area (Å²) in [6.45, 7) is 0. The average Bonchev–Trinajstić information content (AvgIpc) is 2.43. The molecule has 0 amide bonds. The van der Waals surface area contributed by atoms with Crippen molar-refractivity contribution in [1.82, 2.24) is 0 Å². The van der Waals surface area contributed by atoms with E-state index in [0.29, 0.717) is 22.1 Å². The van der Waals surface area contributed by atoms with E-state index in [1.807, 2.05) is 0 Å². The van der Waals surface area contributed by atoms with Gasteiger partial charge in [-0.1, -0.05) is 11.6 Å². The van der Waals surface area contributed by atoms with E-state index < -0.39 is 4.92 Å². The Labute approximate surface area is 120 Å². The number of hydrogen-bond acceptors (Lipinski definition) is 5. The van der Waals surface area contributed by atoms with Crippen molar-refractivity contribution in [2.75, 3.05) is 18.2 Å². The number of nitrogens with zero attached hydrogens (tertiary/aromatic N) is 1. The number of nitrogens with two attached hydrogens (primary N) is 1. The highest BCUT2D eigenvalue weighted by molar-refractivity contribution is 6.33. The molecule has 0 bridgehead atoms. The fourth-order valence-corrected chi connectivity index (χ4v) is 1.81. The maximum atomic E-state index is 10.7. The fraction of sp³-hybridized carbons (Fsp3) is 0.0769. The van der Waals surface area contributed by atoms with E-state index in [1.165, 1.54) is 18.2 Å². The number of nitro benzene ring substituents is 1. The highest BCUT2D eigenvalue weighted by atomic mass is 35.5. The monoisotopic (exact) mass is 293 g/mol. The molecular weight excluding hydrogens is 282 g/mol. The molecule has 104 valence electrons. The Morgan fingerprint density at radius 3 is 2.60 bits per heavy atom.